The Morgan fingerprint density at radius 3 is 2.13 bits per heavy atom. The Morgan fingerprint density at radius 2 is 1.61 bits per heavy atom. The quantitative estimate of drug-likeness (QED) is 0.0497. The molecular weight excluding hydrogens is 430 g/mol. The highest BCUT2D eigenvalue weighted by Crippen LogP contribution is 2.21. The number of rotatable bonds is 6. The molecule has 2 aromatic rings. The zero-order chi connectivity index (χ0) is 23.6. The third-order valence-electron chi connectivity index (χ3n) is 3.65. The largest absolute Gasteiger partial charge is 0.449 e. The number of anilines is 1. The summed E-state index contributed by atoms with van der Waals surface area (Å²) in [6.45, 7) is 0. The van der Waals surface area contributed by atoms with Crippen molar-refractivity contribution >= 4 is 40.9 Å². The number of carbonyl (C=O) groups is 3. The number of amidine groups is 1. The summed E-state index contributed by atoms with van der Waals surface area (Å²) in [6, 6.07) is 13.0. The number of nitrogen functional groups attached to an aromatic ring is 1. The maximum Gasteiger partial charge on any atom is 0.279 e. The molecule has 0 heterocycles. The number of carbonyl (C=O) groups excluding carboxylic acids is 3. The molecule has 0 aliphatic rings. The topological polar surface area (TPSA) is 233 Å². The Hall–Kier alpha value is -3.71. The first-order chi connectivity index (χ1) is 14.6. The number of benzene rings is 2. The molecule has 166 valence electrons. The Labute approximate surface area is 181 Å². The summed E-state index contributed by atoms with van der Waals surface area (Å²) in [4.78, 5) is 34.0. The standard InChI is InChI=1S/C13H10ClNO.C5H12N6O4/c14-10-6-7-12(15)11(8-10)13(16)9-4-2-1-3-5-9;6-5(7)15-2(4(14)11-9)1(12)3(13)10-8/h1-8H,15H2;1-2,12H,8-9H2,(H3,6,7)(H,10,13)(H,11,14). The van der Waals surface area contributed by atoms with Crippen LogP contribution in [0.5, 0.6) is 0 Å². The van der Waals surface area contributed by atoms with E-state index in [1.165, 1.54) is 0 Å². The SMILES string of the molecule is N=C(N)OC(C(=O)NN)C(O)C(=O)NN.Nc1ccc(Cl)cc1C(=O)c1ccccc1. The van der Waals surface area contributed by atoms with Crippen molar-refractivity contribution in [3.63, 3.8) is 0 Å². The van der Waals surface area contributed by atoms with Crippen LogP contribution in [0.25, 0.3) is 0 Å². The van der Waals surface area contributed by atoms with Crippen LogP contribution in [-0.4, -0.2) is 40.9 Å². The molecule has 13 heteroatoms. The average Bonchev–Trinajstić information content (AvgIpc) is 2.77. The Kier molecular flexibility index (Phi) is 9.88. The van der Waals surface area contributed by atoms with Gasteiger partial charge in [-0.25, -0.2) is 11.7 Å². The van der Waals surface area contributed by atoms with Gasteiger partial charge in [0.05, 0.1) is 0 Å². The zero-order valence-corrected chi connectivity index (χ0v) is 16.8. The van der Waals surface area contributed by atoms with Gasteiger partial charge < -0.3 is 21.3 Å². The van der Waals surface area contributed by atoms with Gasteiger partial charge >= 0.3 is 0 Å². The molecule has 12 N–H and O–H groups in total. The van der Waals surface area contributed by atoms with Gasteiger partial charge in [0.15, 0.2) is 11.9 Å². The fraction of sp³-hybridized carbons (Fsp3) is 0.111. The lowest BCUT2D eigenvalue weighted by Gasteiger charge is -2.19. The van der Waals surface area contributed by atoms with Crippen LogP contribution in [0.15, 0.2) is 48.5 Å². The summed E-state index contributed by atoms with van der Waals surface area (Å²) in [7, 11) is 0. The number of hydrogen-bond acceptors (Lipinski definition) is 9. The Bertz CT molecular complexity index is 942. The molecule has 12 nitrogen and oxygen atoms in total. The maximum absolute atomic E-state index is 12.1. The number of nitrogens with one attached hydrogen (secondary N) is 3. The summed E-state index contributed by atoms with van der Waals surface area (Å²) in [6.07, 6.45) is -3.67. The Balaban J connectivity index is 0.000000311. The molecule has 0 aliphatic heterocycles. The molecule has 31 heavy (non-hydrogen) atoms. The lowest BCUT2D eigenvalue weighted by atomic mass is 10.0. The lowest BCUT2D eigenvalue weighted by Crippen LogP contribution is -2.54. The fourth-order valence-corrected chi connectivity index (χ4v) is 2.35. The minimum Gasteiger partial charge on any atom is -0.449 e. The molecule has 0 spiro atoms. The average molecular weight is 452 g/mol. The highest BCUT2D eigenvalue weighted by Gasteiger charge is 2.34. The van der Waals surface area contributed by atoms with Crippen LogP contribution in [0.4, 0.5) is 5.69 Å². The van der Waals surface area contributed by atoms with Gasteiger partial charge in [-0.2, -0.15) is 0 Å². The normalized spacial score (nSPS) is 11.7. The third kappa shape index (κ3) is 7.56. The molecule has 2 aromatic carbocycles. The molecule has 0 aromatic heterocycles. The molecular formula is C18H22ClN7O5. The van der Waals surface area contributed by atoms with Crippen LogP contribution in [0, 0.1) is 5.41 Å². The van der Waals surface area contributed by atoms with E-state index in [4.69, 9.17) is 40.2 Å². The first-order valence-electron chi connectivity index (χ1n) is 8.46. The minimum atomic E-state index is -1.93. The van der Waals surface area contributed by atoms with E-state index in [9.17, 15) is 19.5 Å². The molecule has 2 amide bonds. The summed E-state index contributed by atoms with van der Waals surface area (Å²) in [5.74, 6) is 7.27. The van der Waals surface area contributed by atoms with Crippen LogP contribution in [0.1, 0.15) is 15.9 Å². The second-order valence-corrected chi connectivity index (χ2v) is 6.23. The molecule has 0 bridgehead atoms. The second-order valence-electron chi connectivity index (χ2n) is 5.79. The fourth-order valence-electron chi connectivity index (χ4n) is 2.17. The lowest BCUT2D eigenvalue weighted by molar-refractivity contribution is -0.145. The van der Waals surface area contributed by atoms with Gasteiger partial charge in [0, 0.05) is 21.8 Å². The van der Waals surface area contributed by atoms with Gasteiger partial charge in [-0.1, -0.05) is 41.9 Å². The van der Waals surface area contributed by atoms with E-state index in [0.717, 1.165) is 0 Å². The van der Waals surface area contributed by atoms with E-state index in [-0.39, 0.29) is 5.78 Å². The van der Waals surface area contributed by atoms with Crippen LogP contribution in [0.2, 0.25) is 5.02 Å². The van der Waals surface area contributed by atoms with Crippen molar-refractivity contribution in [2.24, 2.45) is 17.4 Å². The molecule has 0 saturated heterocycles. The van der Waals surface area contributed by atoms with E-state index >= 15 is 0 Å². The number of hydrazine groups is 2. The Morgan fingerprint density at radius 1 is 1.03 bits per heavy atom. The number of ketones is 1. The molecule has 2 unspecified atom stereocenters. The van der Waals surface area contributed by atoms with Crippen LogP contribution >= 0.6 is 11.6 Å². The number of hydrogen-bond donors (Lipinski definition) is 8. The van der Waals surface area contributed by atoms with E-state index in [2.05, 4.69) is 4.74 Å². The molecule has 0 saturated carbocycles. The predicted molar refractivity (Wildman–Crippen MR) is 113 cm³/mol. The number of aliphatic hydroxyl groups is 1. The number of amides is 2. The molecule has 0 fully saturated rings. The van der Waals surface area contributed by atoms with E-state index in [1.807, 2.05) is 18.2 Å². The van der Waals surface area contributed by atoms with Crippen molar-refractivity contribution < 1.29 is 24.2 Å². The van der Waals surface area contributed by atoms with Crippen molar-refractivity contribution in [3.05, 3.63) is 64.7 Å². The van der Waals surface area contributed by atoms with Crippen LogP contribution in [0.3, 0.4) is 0 Å². The first kappa shape index (κ1) is 25.3. The van der Waals surface area contributed by atoms with Gasteiger partial charge in [-0.15, -0.1) is 0 Å². The number of nitrogens with two attached hydrogens (primary N) is 4. The summed E-state index contributed by atoms with van der Waals surface area (Å²) < 4.78 is 4.39. The summed E-state index contributed by atoms with van der Waals surface area (Å²) in [5, 5.41) is 16.5. The third-order valence-corrected chi connectivity index (χ3v) is 3.88. The van der Waals surface area contributed by atoms with Gasteiger partial charge in [0.1, 0.15) is 0 Å². The summed E-state index contributed by atoms with van der Waals surface area (Å²) in [5.41, 5.74) is 15.3. The van der Waals surface area contributed by atoms with Crippen molar-refractivity contribution in [1.29, 1.82) is 5.41 Å². The van der Waals surface area contributed by atoms with E-state index in [0.29, 0.717) is 21.8 Å². The number of halogens is 1. The van der Waals surface area contributed by atoms with Crippen molar-refractivity contribution in [1.82, 2.24) is 10.9 Å². The van der Waals surface area contributed by atoms with E-state index < -0.39 is 30.0 Å². The number of aliphatic hydroxyl groups excluding tert-OH is 1. The maximum atomic E-state index is 12.1. The molecule has 0 aliphatic carbocycles. The summed E-state index contributed by atoms with van der Waals surface area (Å²) >= 11 is 5.84. The molecule has 0 radical (unpaired) electrons. The highest BCUT2D eigenvalue weighted by atomic mass is 35.5. The van der Waals surface area contributed by atoms with Gasteiger partial charge in [0.25, 0.3) is 17.8 Å². The number of ether oxygens (including phenoxy) is 1. The monoisotopic (exact) mass is 451 g/mol. The highest BCUT2D eigenvalue weighted by molar-refractivity contribution is 6.31. The van der Waals surface area contributed by atoms with E-state index in [1.54, 1.807) is 41.2 Å². The van der Waals surface area contributed by atoms with Crippen molar-refractivity contribution in [2.75, 3.05) is 5.73 Å². The van der Waals surface area contributed by atoms with Crippen LogP contribution in [-0.2, 0) is 14.3 Å². The first-order valence-corrected chi connectivity index (χ1v) is 8.84. The molecule has 2 rings (SSSR count). The smallest absolute Gasteiger partial charge is 0.279 e. The van der Waals surface area contributed by atoms with Crippen molar-refractivity contribution in [3.8, 4) is 0 Å². The van der Waals surface area contributed by atoms with Gasteiger partial charge in [-0.3, -0.25) is 30.6 Å². The minimum absolute atomic E-state index is 0.111. The second kappa shape index (κ2) is 12.1. The predicted octanol–water partition coefficient (Wildman–Crippen LogP) is -1.24. The van der Waals surface area contributed by atoms with Crippen molar-refractivity contribution in [2.45, 2.75) is 12.2 Å². The molecule has 2 atom stereocenters. The van der Waals surface area contributed by atoms with Gasteiger partial charge in [0.2, 0.25) is 6.10 Å². The zero-order valence-electron chi connectivity index (χ0n) is 16.0. The van der Waals surface area contributed by atoms with Gasteiger partial charge in [-0.05, 0) is 18.2 Å². The van der Waals surface area contributed by atoms with Crippen LogP contribution < -0.4 is 34.0 Å².